The van der Waals surface area contributed by atoms with Gasteiger partial charge in [-0.25, -0.2) is 0 Å². The van der Waals surface area contributed by atoms with Gasteiger partial charge in [-0.15, -0.1) is 0 Å². The van der Waals surface area contributed by atoms with Crippen LogP contribution in [0.2, 0.25) is 0 Å². The molecule has 7 heteroatoms. The van der Waals surface area contributed by atoms with Crippen LogP contribution in [0.5, 0.6) is 11.5 Å². The van der Waals surface area contributed by atoms with E-state index in [0.29, 0.717) is 17.0 Å². The first-order valence-electron chi connectivity index (χ1n) is 8.44. The van der Waals surface area contributed by atoms with Crippen LogP contribution in [0.1, 0.15) is 15.9 Å². The van der Waals surface area contributed by atoms with E-state index in [4.69, 9.17) is 8.92 Å². The molecular weight excluding hydrogens is 378 g/mol. The second kappa shape index (κ2) is 8.14. The van der Waals surface area contributed by atoms with Crippen molar-refractivity contribution in [2.24, 2.45) is 0 Å². The summed E-state index contributed by atoms with van der Waals surface area (Å²) in [5.74, 6) is 0.276. The molecule has 0 aliphatic rings. The van der Waals surface area contributed by atoms with Crippen LogP contribution in [0.15, 0.2) is 77.7 Å². The van der Waals surface area contributed by atoms with Crippen molar-refractivity contribution in [3.63, 3.8) is 0 Å². The Kier molecular flexibility index (Phi) is 5.65. The zero-order valence-corrected chi connectivity index (χ0v) is 16.2. The van der Waals surface area contributed by atoms with Gasteiger partial charge < -0.3 is 14.2 Å². The predicted octanol–water partition coefficient (Wildman–Crippen LogP) is 4.02. The van der Waals surface area contributed by atoms with E-state index in [2.05, 4.69) is 5.32 Å². The van der Waals surface area contributed by atoms with E-state index >= 15 is 0 Å². The number of amides is 1. The van der Waals surface area contributed by atoms with Crippen LogP contribution in [0, 0.1) is 6.92 Å². The van der Waals surface area contributed by atoms with Crippen molar-refractivity contribution < 1.29 is 22.1 Å². The summed E-state index contributed by atoms with van der Waals surface area (Å²) in [5, 5.41) is 2.74. The van der Waals surface area contributed by atoms with Crippen molar-refractivity contribution in [1.82, 2.24) is 0 Å². The molecule has 0 heterocycles. The van der Waals surface area contributed by atoms with E-state index in [1.807, 2.05) is 6.92 Å². The molecule has 28 heavy (non-hydrogen) atoms. The molecule has 1 N–H and O–H groups in total. The van der Waals surface area contributed by atoms with Crippen LogP contribution in [0.3, 0.4) is 0 Å². The molecule has 0 atom stereocenters. The van der Waals surface area contributed by atoms with Crippen molar-refractivity contribution in [3.05, 3.63) is 83.9 Å². The third-order valence-electron chi connectivity index (χ3n) is 3.98. The molecule has 1 amide bonds. The molecule has 0 aliphatic carbocycles. The Morgan fingerprint density at radius 3 is 2.18 bits per heavy atom. The minimum atomic E-state index is -3.92. The van der Waals surface area contributed by atoms with Crippen LogP contribution in [0.4, 0.5) is 5.69 Å². The first kappa shape index (κ1) is 19.4. The van der Waals surface area contributed by atoms with Gasteiger partial charge in [0.1, 0.15) is 16.4 Å². The monoisotopic (exact) mass is 397 g/mol. The van der Waals surface area contributed by atoms with Gasteiger partial charge in [-0.05, 0) is 55.5 Å². The molecule has 144 valence electrons. The maximum atomic E-state index is 12.4. The van der Waals surface area contributed by atoms with E-state index in [1.165, 1.54) is 31.4 Å². The number of benzene rings is 3. The van der Waals surface area contributed by atoms with Crippen molar-refractivity contribution in [1.29, 1.82) is 0 Å². The minimum Gasteiger partial charge on any atom is -0.496 e. The average molecular weight is 397 g/mol. The number of rotatable bonds is 6. The molecule has 0 bridgehead atoms. The fraction of sp³-hybridized carbons (Fsp3) is 0.0952. The van der Waals surface area contributed by atoms with Gasteiger partial charge in [-0.1, -0.05) is 29.8 Å². The van der Waals surface area contributed by atoms with Gasteiger partial charge in [-0.2, -0.15) is 8.42 Å². The maximum Gasteiger partial charge on any atom is 0.339 e. The second-order valence-corrected chi connectivity index (χ2v) is 7.58. The summed E-state index contributed by atoms with van der Waals surface area (Å²) in [4.78, 5) is 12.5. The zero-order valence-electron chi connectivity index (χ0n) is 15.4. The summed E-state index contributed by atoms with van der Waals surface area (Å²) in [5.41, 5.74) is 1.84. The summed E-state index contributed by atoms with van der Waals surface area (Å²) in [6.45, 7) is 1.87. The van der Waals surface area contributed by atoms with E-state index < -0.39 is 10.1 Å². The molecule has 3 aromatic rings. The Morgan fingerprint density at radius 1 is 0.893 bits per heavy atom. The van der Waals surface area contributed by atoms with Gasteiger partial charge in [0.05, 0.1) is 12.7 Å². The van der Waals surface area contributed by atoms with E-state index in [1.54, 1.807) is 48.5 Å². The molecule has 0 aromatic heterocycles. The molecule has 0 unspecified atom stereocenters. The number of carbonyl (C=O) groups excluding carboxylic acids is 1. The molecule has 0 saturated carbocycles. The predicted molar refractivity (Wildman–Crippen MR) is 106 cm³/mol. The highest BCUT2D eigenvalue weighted by Crippen LogP contribution is 2.23. The standard InChI is InChI=1S/C21H19NO5S/c1-15-7-13-18(14-8-15)28(24,25)27-17-11-9-16(10-12-17)22-21(23)19-5-3-4-6-20(19)26-2/h3-14H,1-2H3,(H,22,23). The highest BCUT2D eigenvalue weighted by atomic mass is 32.2. The fourth-order valence-corrected chi connectivity index (χ4v) is 3.43. The van der Waals surface area contributed by atoms with Gasteiger partial charge in [0.15, 0.2) is 0 Å². The van der Waals surface area contributed by atoms with Gasteiger partial charge in [0, 0.05) is 5.69 Å². The van der Waals surface area contributed by atoms with Crippen LogP contribution in [-0.2, 0) is 10.1 Å². The highest BCUT2D eigenvalue weighted by molar-refractivity contribution is 7.87. The number of para-hydroxylation sites is 1. The molecule has 0 saturated heterocycles. The average Bonchev–Trinajstić information content (AvgIpc) is 2.69. The number of ether oxygens (including phenoxy) is 1. The Bertz CT molecular complexity index is 1070. The lowest BCUT2D eigenvalue weighted by atomic mass is 10.2. The fourth-order valence-electron chi connectivity index (χ4n) is 2.50. The molecule has 0 spiro atoms. The van der Waals surface area contributed by atoms with Crippen molar-refractivity contribution in [2.45, 2.75) is 11.8 Å². The van der Waals surface area contributed by atoms with Gasteiger partial charge in [0.2, 0.25) is 0 Å². The SMILES string of the molecule is COc1ccccc1C(=O)Nc1ccc(OS(=O)(=O)c2ccc(C)cc2)cc1. The van der Waals surface area contributed by atoms with Gasteiger partial charge in [-0.3, -0.25) is 4.79 Å². The summed E-state index contributed by atoms with van der Waals surface area (Å²) < 4.78 is 35.0. The Hall–Kier alpha value is -3.32. The van der Waals surface area contributed by atoms with Gasteiger partial charge >= 0.3 is 10.1 Å². The van der Waals surface area contributed by atoms with Crippen LogP contribution in [0.25, 0.3) is 0 Å². The quantitative estimate of drug-likeness (QED) is 0.635. The topological polar surface area (TPSA) is 81.7 Å². The number of carbonyl (C=O) groups is 1. The number of hydrogen-bond acceptors (Lipinski definition) is 5. The lowest BCUT2D eigenvalue weighted by Gasteiger charge is -2.10. The first-order valence-corrected chi connectivity index (χ1v) is 9.85. The normalized spacial score (nSPS) is 10.9. The first-order chi connectivity index (χ1) is 13.4. The Morgan fingerprint density at radius 2 is 1.54 bits per heavy atom. The number of anilines is 1. The molecule has 3 aromatic carbocycles. The molecule has 0 aliphatic heterocycles. The van der Waals surface area contributed by atoms with Gasteiger partial charge in [0.25, 0.3) is 5.91 Å². The maximum absolute atomic E-state index is 12.4. The van der Waals surface area contributed by atoms with E-state index in [-0.39, 0.29) is 16.6 Å². The highest BCUT2D eigenvalue weighted by Gasteiger charge is 2.17. The largest absolute Gasteiger partial charge is 0.496 e. The molecule has 0 fully saturated rings. The summed E-state index contributed by atoms with van der Waals surface area (Å²) >= 11 is 0. The summed E-state index contributed by atoms with van der Waals surface area (Å²) in [6, 6.07) is 19.3. The lowest BCUT2D eigenvalue weighted by molar-refractivity contribution is 0.102. The van der Waals surface area contributed by atoms with Crippen molar-refractivity contribution in [3.8, 4) is 11.5 Å². The Labute approximate surface area is 163 Å². The van der Waals surface area contributed by atoms with Crippen LogP contribution < -0.4 is 14.2 Å². The molecule has 6 nitrogen and oxygen atoms in total. The smallest absolute Gasteiger partial charge is 0.339 e. The van der Waals surface area contributed by atoms with E-state index in [9.17, 15) is 13.2 Å². The number of methoxy groups -OCH3 is 1. The number of nitrogens with one attached hydrogen (secondary N) is 1. The zero-order chi connectivity index (χ0) is 20.1. The van der Waals surface area contributed by atoms with Crippen LogP contribution >= 0.6 is 0 Å². The summed E-state index contributed by atoms with van der Waals surface area (Å²) in [6.07, 6.45) is 0. The van der Waals surface area contributed by atoms with E-state index in [0.717, 1.165) is 5.56 Å². The Balaban J connectivity index is 1.71. The molecular formula is C21H19NO5S. The number of hydrogen-bond donors (Lipinski definition) is 1. The number of aryl methyl sites for hydroxylation is 1. The third-order valence-corrected chi connectivity index (χ3v) is 5.24. The minimum absolute atomic E-state index is 0.0756. The third kappa shape index (κ3) is 4.50. The lowest BCUT2D eigenvalue weighted by Crippen LogP contribution is -2.13. The van der Waals surface area contributed by atoms with Crippen molar-refractivity contribution >= 4 is 21.7 Å². The molecule has 3 rings (SSSR count). The van der Waals surface area contributed by atoms with Crippen LogP contribution in [-0.4, -0.2) is 21.4 Å². The molecule has 0 radical (unpaired) electrons. The summed E-state index contributed by atoms with van der Waals surface area (Å²) in [7, 11) is -2.43. The second-order valence-electron chi connectivity index (χ2n) is 6.03. The van der Waals surface area contributed by atoms with Crippen molar-refractivity contribution in [2.75, 3.05) is 12.4 Å².